The van der Waals surface area contributed by atoms with Crippen LogP contribution in [0.3, 0.4) is 0 Å². The summed E-state index contributed by atoms with van der Waals surface area (Å²) in [4.78, 5) is 3.67. The summed E-state index contributed by atoms with van der Waals surface area (Å²) in [6.07, 6.45) is 5.24. The van der Waals surface area contributed by atoms with Crippen LogP contribution in [0.2, 0.25) is 5.02 Å². The molecule has 0 bridgehead atoms. The van der Waals surface area contributed by atoms with Crippen molar-refractivity contribution in [2.24, 2.45) is 7.05 Å². The van der Waals surface area contributed by atoms with Gasteiger partial charge in [0.05, 0.1) is 24.1 Å². The van der Waals surface area contributed by atoms with Gasteiger partial charge in [0.2, 0.25) is 5.95 Å². The first-order chi connectivity index (χ1) is 14.2. The van der Waals surface area contributed by atoms with Crippen LogP contribution in [0.1, 0.15) is 24.7 Å². The molecule has 1 fully saturated rings. The molecule has 0 radical (unpaired) electrons. The summed E-state index contributed by atoms with van der Waals surface area (Å²) >= 11 is 6.08. The van der Waals surface area contributed by atoms with E-state index in [2.05, 4.69) is 40.7 Å². The Morgan fingerprint density at radius 3 is 2.86 bits per heavy atom. The third kappa shape index (κ3) is 3.21. The lowest BCUT2D eigenvalue weighted by Crippen LogP contribution is -2.26. The second-order valence-corrected chi connectivity index (χ2v) is 7.22. The Hall–Kier alpha value is -3.40. The van der Waals surface area contributed by atoms with E-state index in [1.807, 2.05) is 35.9 Å². The maximum atomic E-state index is 6.08. The number of benzene rings is 1. The zero-order valence-corrected chi connectivity index (χ0v) is 16.3. The Morgan fingerprint density at radius 2 is 2.03 bits per heavy atom. The highest BCUT2D eigenvalue weighted by atomic mass is 35.5. The van der Waals surface area contributed by atoms with Gasteiger partial charge < -0.3 is 4.90 Å². The molecule has 0 spiro atoms. The molecule has 3 aromatic heterocycles. The number of halogens is 1. The standard InChI is InChI=1S/C18H17ClN10/c1-27-17(12-7-8-20-21-11-12)23-24-18(27)28-9-3-6-15(28)16-22-26-29(25-16)14-5-2-4-13(19)10-14/h2,4-5,7-8,10-11,15H,3,6,9H2,1H3. The minimum atomic E-state index is -0.0192. The lowest BCUT2D eigenvalue weighted by Gasteiger charge is -2.22. The average Bonchev–Trinajstić information content (AvgIpc) is 3.47. The summed E-state index contributed by atoms with van der Waals surface area (Å²) in [5.74, 6) is 2.15. The monoisotopic (exact) mass is 408 g/mol. The minimum Gasteiger partial charge on any atom is -0.330 e. The SMILES string of the molecule is Cn1c(-c2ccnnc2)nnc1N1CCCC1c1nnn(-c2cccc(Cl)c2)n1. The van der Waals surface area contributed by atoms with E-state index in [-0.39, 0.29) is 6.04 Å². The van der Waals surface area contributed by atoms with Crippen molar-refractivity contribution < 1.29 is 0 Å². The summed E-state index contributed by atoms with van der Waals surface area (Å²) in [5, 5.41) is 30.2. The van der Waals surface area contributed by atoms with Crippen LogP contribution in [0.15, 0.2) is 42.7 Å². The smallest absolute Gasteiger partial charge is 0.227 e. The number of aromatic nitrogens is 9. The van der Waals surface area contributed by atoms with Crippen molar-refractivity contribution in [1.82, 2.24) is 45.2 Å². The first-order valence-corrected chi connectivity index (χ1v) is 9.57. The predicted molar refractivity (Wildman–Crippen MR) is 106 cm³/mol. The summed E-state index contributed by atoms with van der Waals surface area (Å²) in [5.41, 5.74) is 1.63. The molecule has 1 aromatic carbocycles. The molecule has 11 heteroatoms. The van der Waals surface area contributed by atoms with Crippen molar-refractivity contribution in [3.63, 3.8) is 0 Å². The van der Waals surface area contributed by atoms with E-state index in [9.17, 15) is 0 Å². The zero-order chi connectivity index (χ0) is 19.8. The van der Waals surface area contributed by atoms with Gasteiger partial charge in [-0.3, -0.25) is 4.57 Å². The largest absolute Gasteiger partial charge is 0.330 e. The topological polar surface area (TPSA) is 103 Å². The minimum absolute atomic E-state index is 0.0192. The molecular weight excluding hydrogens is 392 g/mol. The maximum Gasteiger partial charge on any atom is 0.227 e. The highest BCUT2D eigenvalue weighted by molar-refractivity contribution is 6.30. The van der Waals surface area contributed by atoms with E-state index in [4.69, 9.17) is 11.6 Å². The van der Waals surface area contributed by atoms with Crippen LogP contribution >= 0.6 is 11.6 Å². The van der Waals surface area contributed by atoms with E-state index in [1.54, 1.807) is 18.5 Å². The van der Waals surface area contributed by atoms with Gasteiger partial charge in [-0.1, -0.05) is 17.7 Å². The van der Waals surface area contributed by atoms with Crippen molar-refractivity contribution in [2.75, 3.05) is 11.4 Å². The van der Waals surface area contributed by atoms with Gasteiger partial charge in [-0.05, 0) is 42.3 Å². The third-order valence-corrected chi connectivity index (χ3v) is 5.21. The second kappa shape index (κ2) is 7.21. The molecule has 1 atom stereocenters. The van der Waals surface area contributed by atoms with Crippen molar-refractivity contribution in [3.8, 4) is 17.1 Å². The number of hydrogen-bond donors (Lipinski definition) is 0. The fourth-order valence-corrected chi connectivity index (χ4v) is 3.77. The van der Waals surface area contributed by atoms with Crippen LogP contribution in [0.25, 0.3) is 17.1 Å². The molecule has 0 saturated carbocycles. The summed E-state index contributed by atoms with van der Waals surface area (Å²) in [6.45, 7) is 0.844. The van der Waals surface area contributed by atoms with Crippen molar-refractivity contribution in [1.29, 1.82) is 0 Å². The van der Waals surface area contributed by atoms with E-state index in [0.717, 1.165) is 42.4 Å². The van der Waals surface area contributed by atoms with Crippen LogP contribution in [-0.2, 0) is 7.05 Å². The Bertz CT molecular complexity index is 1140. The second-order valence-electron chi connectivity index (χ2n) is 6.78. The molecule has 1 saturated heterocycles. The fraction of sp³-hybridized carbons (Fsp3) is 0.278. The zero-order valence-electron chi connectivity index (χ0n) is 15.6. The average molecular weight is 409 g/mol. The predicted octanol–water partition coefficient (Wildman–Crippen LogP) is 2.24. The van der Waals surface area contributed by atoms with E-state index < -0.39 is 0 Å². The molecule has 0 amide bonds. The molecule has 5 rings (SSSR count). The number of tetrazole rings is 1. The quantitative estimate of drug-likeness (QED) is 0.506. The normalized spacial score (nSPS) is 16.5. The maximum absolute atomic E-state index is 6.08. The molecule has 0 aliphatic carbocycles. The van der Waals surface area contributed by atoms with Crippen molar-refractivity contribution in [3.05, 3.63) is 53.6 Å². The molecule has 29 heavy (non-hydrogen) atoms. The first kappa shape index (κ1) is 17.7. The van der Waals surface area contributed by atoms with Gasteiger partial charge in [-0.25, -0.2) is 0 Å². The number of anilines is 1. The molecule has 4 heterocycles. The Kier molecular flexibility index (Phi) is 4.39. The van der Waals surface area contributed by atoms with Gasteiger partial charge in [0.15, 0.2) is 11.6 Å². The molecule has 10 nitrogen and oxygen atoms in total. The highest BCUT2D eigenvalue weighted by Crippen LogP contribution is 2.34. The first-order valence-electron chi connectivity index (χ1n) is 9.19. The van der Waals surface area contributed by atoms with Gasteiger partial charge in [-0.2, -0.15) is 10.2 Å². The van der Waals surface area contributed by atoms with Gasteiger partial charge in [0, 0.05) is 24.2 Å². The molecule has 1 unspecified atom stereocenters. The number of rotatable bonds is 4. The van der Waals surface area contributed by atoms with E-state index >= 15 is 0 Å². The lowest BCUT2D eigenvalue weighted by atomic mass is 10.2. The van der Waals surface area contributed by atoms with Gasteiger partial charge in [0.25, 0.3) is 0 Å². The van der Waals surface area contributed by atoms with Crippen LogP contribution in [0, 0.1) is 0 Å². The summed E-state index contributed by atoms with van der Waals surface area (Å²) < 4.78 is 1.96. The van der Waals surface area contributed by atoms with Gasteiger partial charge >= 0.3 is 0 Å². The molecule has 1 aliphatic rings. The Labute approximate surface area is 171 Å². The van der Waals surface area contributed by atoms with Crippen LogP contribution < -0.4 is 4.90 Å². The fourth-order valence-electron chi connectivity index (χ4n) is 3.59. The lowest BCUT2D eigenvalue weighted by molar-refractivity contribution is 0.639. The molecule has 0 N–H and O–H groups in total. The van der Waals surface area contributed by atoms with Crippen molar-refractivity contribution in [2.45, 2.75) is 18.9 Å². The van der Waals surface area contributed by atoms with E-state index in [1.165, 1.54) is 4.80 Å². The Morgan fingerprint density at radius 1 is 1.10 bits per heavy atom. The molecule has 4 aromatic rings. The summed E-state index contributed by atoms with van der Waals surface area (Å²) in [7, 11) is 1.94. The van der Waals surface area contributed by atoms with Crippen molar-refractivity contribution >= 4 is 17.5 Å². The third-order valence-electron chi connectivity index (χ3n) is 4.97. The number of hydrogen-bond acceptors (Lipinski definition) is 8. The van der Waals surface area contributed by atoms with E-state index in [0.29, 0.717) is 10.8 Å². The van der Waals surface area contributed by atoms with Gasteiger partial charge in [0.1, 0.15) is 0 Å². The molecule has 1 aliphatic heterocycles. The van der Waals surface area contributed by atoms with Crippen LogP contribution in [0.4, 0.5) is 5.95 Å². The molecular formula is C18H17ClN10. The van der Waals surface area contributed by atoms with Crippen LogP contribution in [0.5, 0.6) is 0 Å². The number of nitrogens with zero attached hydrogens (tertiary/aromatic N) is 10. The summed E-state index contributed by atoms with van der Waals surface area (Å²) in [6, 6.07) is 9.21. The Balaban J connectivity index is 1.45. The highest BCUT2D eigenvalue weighted by Gasteiger charge is 2.33. The molecule has 146 valence electrons. The van der Waals surface area contributed by atoms with Gasteiger partial charge in [-0.15, -0.1) is 25.2 Å². The van der Waals surface area contributed by atoms with Crippen LogP contribution in [-0.4, -0.2) is 51.7 Å².